The predicted octanol–water partition coefficient (Wildman–Crippen LogP) is -0.313. The molecule has 0 spiro atoms. The summed E-state index contributed by atoms with van der Waals surface area (Å²) in [6.07, 6.45) is -3.06. The van der Waals surface area contributed by atoms with E-state index in [4.69, 9.17) is 10.5 Å². The Morgan fingerprint density at radius 2 is 1.88 bits per heavy atom. The first kappa shape index (κ1) is 15.9. The van der Waals surface area contributed by atoms with Gasteiger partial charge in [-0.3, -0.25) is 4.57 Å². The Morgan fingerprint density at radius 1 is 1.12 bits per heavy atom. The highest BCUT2D eigenvalue weighted by atomic mass is 16.6. The van der Waals surface area contributed by atoms with E-state index in [0.29, 0.717) is 17.0 Å². The SMILES string of the molecule is Nc1ncnc2c1nc(-c1ccccc1)n2C1OC(CO)C(O)[C@@H]1O. The molecule has 9 heteroatoms. The van der Waals surface area contributed by atoms with Crippen molar-refractivity contribution in [1.82, 2.24) is 19.5 Å². The molecule has 5 N–H and O–H groups in total. The summed E-state index contributed by atoms with van der Waals surface area (Å²) in [5.41, 5.74) is 7.42. The van der Waals surface area contributed by atoms with Gasteiger partial charge in [0.15, 0.2) is 23.2 Å². The molecule has 3 heterocycles. The first-order valence-electron chi connectivity index (χ1n) is 7.78. The molecular formula is C16H17N5O4. The van der Waals surface area contributed by atoms with Gasteiger partial charge in [0.05, 0.1) is 6.61 Å². The number of nitrogen functional groups attached to an aromatic ring is 1. The fraction of sp³-hybridized carbons (Fsp3) is 0.312. The van der Waals surface area contributed by atoms with Gasteiger partial charge in [0.2, 0.25) is 0 Å². The lowest BCUT2D eigenvalue weighted by molar-refractivity contribution is -0.0503. The number of aliphatic hydroxyl groups excluding tert-OH is 3. The lowest BCUT2D eigenvalue weighted by Crippen LogP contribution is -2.33. The number of fused-ring (bicyclic) bond motifs is 1. The normalized spacial score (nSPS) is 26.4. The van der Waals surface area contributed by atoms with Gasteiger partial charge < -0.3 is 25.8 Å². The highest BCUT2D eigenvalue weighted by Crippen LogP contribution is 2.36. The number of anilines is 1. The molecule has 9 nitrogen and oxygen atoms in total. The number of hydrogen-bond donors (Lipinski definition) is 4. The van der Waals surface area contributed by atoms with Crippen molar-refractivity contribution in [3.63, 3.8) is 0 Å². The van der Waals surface area contributed by atoms with Crippen LogP contribution in [0.2, 0.25) is 0 Å². The molecule has 2 aromatic heterocycles. The van der Waals surface area contributed by atoms with Crippen molar-refractivity contribution in [2.24, 2.45) is 0 Å². The van der Waals surface area contributed by atoms with Gasteiger partial charge in [0, 0.05) is 5.56 Å². The summed E-state index contributed by atoms with van der Waals surface area (Å²) >= 11 is 0. The molecule has 1 aromatic carbocycles. The lowest BCUT2D eigenvalue weighted by atomic mass is 10.1. The molecule has 0 amide bonds. The standard InChI is InChI=1S/C16H17N5O4/c17-13-10-15(19-7-18-13)21(14(20-10)8-4-2-1-3-5-8)16-12(24)11(23)9(6-22)25-16/h1-5,7,9,11-12,16,22-24H,6H2,(H2,17,18,19)/t9?,11?,12-,16?/m0/s1. The zero-order chi connectivity index (χ0) is 17.6. The van der Waals surface area contributed by atoms with Crippen molar-refractivity contribution in [2.45, 2.75) is 24.5 Å². The maximum Gasteiger partial charge on any atom is 0.168 e. The van der Waals surface area contributed by atoms with Gasteiger partial charge in [-0.05, 0) is 0 Å². The van der Waals surface area contributed by atoms with Crippen molar-refractivity contribution < 1.29 is 20.1 Å². The number of nitrogens with zero attached hydrogens (tertiary/aromatic N) is 4. The van der Waals surface area contributed by atoms with Crippen LogP contribution in [0.25, 0.3) is 22.6 Å². The Bertz CT molecular complexity index is 900. The van der Waals surface area contributed by atoms with Crippen LogP contribution < -0.4 is 5.73 Å². The Balaban J connectivity index is 1.94. The van der Waals surface area contributed by atoms with Crippen LogP contribution in [-0.4, -0.2) is 59.8 Å². The Morgan fingerprint density at radius 3 is 2.56 bits per heavy atom. The summed E-state index contributed by atoms with van der Waals surface area (Å²) in [5.74, 6) is 0.672. The fourth-order valence-corrected chi connectivity index (χ4v) is 3.05. The first-order valence-corrected chi connectivity index (χ1v) is 7.78. The van der Waals surface area contributed by atoms with E-state index < -0.39 is 31.1 Å². The third kappa shape index (κ3) is 2.45. The number of benzene rings is 1. The van der Waals surface area contributed by atoms with E-state index in [0.717, 1.165) is 5.56 Å². The van der Waals surface area contributed by atoms with Crippen LogP contribution in [-0.2, 0) is 4.74 Å². The maximum atomic E-state index is 10.4. The monoisotopic (exact) mass is 343 g/mol. The summed E-state index contributed by atoms with van der Waals surface area (Å²) in [4.78, 5) is 12.7. The van der Waals surface area contributed by atoms with Gasteiger partial charge in [0.1, 0.15) is 30.5 Å². The van der Waals surface area contributed by atoms with Gasteiger partial charge in [0.25, 0.3) is 0 Å². The smallest absolute Gasteiger partial charge is 0.168 e. The first-order chi connectivity index (χ1) is 12.1. The van der Waals surface area contributed by atoms with Gasteiger partial charge in [-0.15, -0.1) is 0 Å². The molecule has 4 rings (SSSR count). The quantitative estimate of drug-likeness (QED) is 0.508. The van der Waals surface area contributed by atoms with Crippen LogP contribution in [0.5, 0.6) is 0 Å². The van der Waals surface area contributed by atoms with E-state index in [9.17, 15) is 15.3 Å². The molecule has 4 atom stereocenters. The van der Waals surface area contributed by atoms with E-state index in [1.807, 2.05) is 30.3 Å². The minimum Gasteiger partial charge on any atom is -0.394 e. The molecule has 1 saturated heterocycles. The number of aromatic nitrogens is 4. The van der Waals surface area contributed by atoms with E-state index >= 15 is 0 Å². The topological polar surface area (TPSA) is 140 Å². The van der Waals surface area contributed by atoms with Gasteiger partial charge in [-0.1, -0.05) is 30.3 Å². The molecule has 0 radical (unpaired) electrons. The molecule has 3 aromatic rings. The van der Waals surface area contributed by atoms with E-state index in [2.05, 4.69) is 15.0 Å². The molecular weight excluding hydrogens is 326 g/mol. The van der Waals surface area contributed by atoms with Gasteiger partial charge >= 0.3 is 0 Å². The highest BCUT2D eigenvalue weighted by molar-refractivity contribution is 5.85. The van der Waals surface area contributed by atoms with Crippen LogP contribution >= 0.6 is 0 Å². The average molecular weight is 343 g/mol. The molecule has 0 bridgehead atoms. The number of aliphatic hydroxyl groups is 3. The zero-order valence-corrected chi connectivity index (χ0v) is 13.1. The summed E-state index contributed by atoms with van der Waals surface area (Å²) in [5, 5.41) is 29.9. The molecule has 0 aliphatic carbocycles. The predicted molar refractivity (Wildman–Crippen MR) is 88.2 cm³/mol. The van der Waals surface area contributed by atoms with Crippen molar-refractivity contribution in [2.75, 3.05) is 12.3 Å². The van der Waals surface area contributed by atoms with Crippen LogP contribution in [0.4, 0.5) is 5.82 Å². The van der Waals surface area contributed by atoms with Crippen molar-refractivity contribution in [3.8, 4) is 11.4 Å². The second-order valence-corrected chi connectivity index (χ2v) is 5.83. The molecule has 25 heavy (non-hydrogen) atoms. The summed E-state index contributed by atoms with van der Waals surface area (Å²) in [7, 11) is 0. The average Bonchev–Trinajstić information content (AvgIpc) is 3.15. The second-order valence-electron chi connectivity index (χ2n) is 5.83. The Labute approximate surface area is 142 Å². The number of hydrogen-bond acceptors (Lipinski definition) is 8. The Kier molecular flexibility index (Phi) is 3.85. The van der Waals surface area contributed by atoms with E-state index in [1.54, 1.807) is 4.57 Å². The molecule has 1 aliphatic rings. The number of ether oxygens (including phenoxy) is 1. The summed E-state index contributed by atoms with van der Waals surface area (Å²) in [6, 6.07) is 9.28. The number of nitrogens with two attached hydrogens (primary N) is 1. The van der Waals surface area contributed by atoms with E-state index in [1.165, 1.54) is 6.33 Å². The van der Waals surface area contributed by atoms with Crippen LogP contribution in [0.3, 0.4) is 0 Å². The number of imidazole rings is 1. The van der Waals surface area contributed by atoms with Crippen molar-refractivity contribution >= 4 is 17.0 Å². The van der Waals surface area contributed by atoms with Crippen molar-refractivity contribution in [1.29, 1.82) is 0 Å². The Hall–Kier alpha value is -2.59. The lowest BCUT2D eigenvalue weighted by Gasteiger charge is -2.19. The van der Waals surface area contributed by atoms with Crippen LogP contribution in [0, 0.1) is 0 Å². The second kappa shape index (κ2) is 6.05. The maximum absolute atomic E-state index is 10.4. The van der Waals surface area contributed by atoms with Crippen molar-refractivity contribution in [3.05, 3.63) is 36.7 Å². The third-order valence-corrected chi connectivity index (χ3v) is 4.31. The van der Waals surface area contributed by atoms with Gasteiger partial charge in [-0.2, -0.15) is 0 Å². The summed E-state index contributed by atoms with van der Waals surface area (Å²) < 4.78 is 7.24. The molecule has 130 valence electrons. The number of rotatable bonds is 3. The van der Waals surface area contributed by atoms with Gasteiger partial charge in [-0.25, -0.2) is 15.0 Å². The van der Waals surface area contributed by atoms with Crippen LogP contribution in [0.15, 0.2) is 36.7 Å². The third-order valence-electron chi connectivity index (χ3n) is 4.31. The molecule has 0 saturated carbocycles. The molecule has 1 aliphatic heterocycles. The molecule has 3 unspecified atom stereocenters. The zero-order valence-electron chi connectivity index (χ0n) is 13.1. The largest absolute Gasteiger partial charge is 0.394 e. The minimum absolute atomic E-state index is 0.202. The van der Waals surface area contributed by atoms with Crippen LogP contribution in [0.1, 0.15) is 6.23 Å². The summed E-state index contributed by atoms with van der Waals surface area (Å²) in [6.45, 7) is -0.418. The highest BCUT2D eigenvalue weighted by Gasteiger charge is 2.45. The molecule has 1 fully saturated rings. The minimum atomic E-state index is -1.26. The fourth-order valence-electron chi connectivity index (χ4n) is 3.05. The van der Waals surface area contributed by atoms with E-state index in [-0.39, 0.29) is 5.82 Å².